The summed E-state index contributed by atoms with van der Waals surface area (Å²) in [6.07, 6.45) is -2.17. The largest absolute Gasteiger partial charge is 0.481 e. The van der Waals surface area contributed by atoms with Gasteiger partial charge in [0.2, 0.25) is 0 Å². The number of carbonyl (C=O) groups is 1. The Balaban J connectivity index is 3.23. The third-order valence-electron chi connectivity index (χ3n) is 2.03. The van der Waals surface area contributed by atoms with E-state index in [2.05, 4.69) is 4.98 Å². The van der Waals surface area contributed by atoms with E-state index in [4.69, 9.17) is 10.8 Å². The molecule has 0 bridgehead atoms. The van der Waals surface area contributed by atoms with Crippen molar-refractivity contribution in [2.45, 2.75) is 19.8 Å². The van der Waals surface area contributed by atoms with E-state index in [-0.39, 0.29) is 11.3 Å². The third kappa shape index (κ3) is 2.39. The number of alkyl halides is 2. The number of hydrogen-bond donors (Lipinski definition) is 2. The summed E-state index contributed by atoms with van der Waals surface area (Å²) in [4.78, 5) is 14.2. The second-order valence-electron chi connectivity index (χ2n) is 3.06. The standard InChI is InChI=1S/C9H10F2N2O2/c1-4-5(2-7(14)15)8(12)6(3-13-4)9(10)11/h3,9H,2H2,1H3,(H2,12,13)(H,14,15). The minimum atomic E-state index is -2.74. The van der Waals surface area contributed by atoms with E-state index in [1.165, 1.54) is 6.92 Å². The number of aryl methyl sites for hydroxylation is 1. The van der Waals surface area contributed by atoms with Gasteiger partial charge in [0.15, 0.2) is 0 Å². The maximum Gasteiger partial charge on any atom is 0.307 e. The molecule has 82 valence electrons. The molecule has 0 atom stereocenters. The molecule has 1 aromatic heterocycles. The Morgan fingerprint density at radius 2 is 2.27 bits per heavy atom. The first kappa shape index (κ1) is 11.4. The fourth-order valence-corrected chi connectivity index (χ4v) is 1.23. The van der Waals surface area contributed by atoms with Gasteiger partial charge in [0.05, 0.1) is 12.0 Å². The van der Waals surface area contributed by atoms with Gasteiger partial charge < -0.3 is 10.8 Å². The lowest BCUT2D eigenvalue weighted by Crippen LogP contribution is -2.09. The van der Waals surface area contributed by atoms with E-state index in [1.807, 2.05) is 0 Å². The highest BCUT2D eigenvalue weighted by Gasteiger charge is 2.18. The monoisotopic (exact) mass is 216 g/mol. The molecule has 15 heavy (non-hydrogen) atoms. The number of carboxylic acid groups (broad SMARTS) is 1. The van der Waals surface area contributed by atoms with Crippen LogP contribution >= 0.6 is 0 Å². The fourth-order valence-electron chi connectivity index (χ4n) is 1.23. The van der Waals surface area contributed by atoms with Crippen molar-refractivity contribution >= 4 is 11.7 Å². The van der Waals surface area contributed by atoms with Crippen molar-refractivity contribution in [2.24, 2.45) is 0 Å². The molecule has 0 aliphatic carbocycles. The van der Waals surface area contributed by atoms with Crippen molar-refractivity contribution in [1.82, 2.24) is 4.98 Å². The lowest BCUT2D eigenvalue weighted by atomic mass is 10.1. The van der Waals surface area contributed by atoms with Gasteiger partial charge in [0.25, 0.3) is 6.43 Å². The molecule has 0 radical (unpaired) electrons. The minimum Gasteiger partial charge on any atom is -0.481 e. The zero-order chi connectivity index (χ0) is 11.6. The van der Waals surface area contributed by atoms with Crippen molar-refractivity contribution in [3.8, 4) is 0 Å². The van der Waals surface area contributed by atoms with Crippen LogP contribution in [0.25, 0.3) is 0 Å². The lowest BCUT2D eigenvalue weighted by Gasteiger charge is -2.10. The van der Waals surface area contributed by atoms with Crippen molar-refractivity contribution in [1.29, 1.82) is 0 Å². The SMILES string of the molecule is Cc1ncc(C(F)F)c(N)c1CC(=O)O. The first-order valence-corrected chi connectivity index (χ1v) is 4.17. The predicted octanol–water partition coefficient (Wildman–Crippen LogP) is 1.54. The number of halogens is 2. The van der Waals surface area contributed by atoms with Gasteiger partial charge in [-0.15, -0.1) is 0 Å². The van der Waals surface area contributed by atoms with Crippen molar-refractivity contribution in [3.05, 3.63) is 23.0 Å². The number of carboxylic acids is 1. The molecule has 0 aliphatic rings. The molecule has 0 saturated heterocycles. The number of pyridine rings is 1. The van der Waals surface area contributed by atoms with E-state index in [0.29, 0.717) is 5.69 Å². The number of anilines is 1. The Kier molecular flexibility index (Phi) is 3.18. The molecule has 0 unspecified atom stereocenters. The van der Waals surface area contributed by atoms with E-state index in [0.717, 1.165) is 6.20 Å². The number of aromatic nitrogens is 1. The van der Waals surface area contributed by atoms with Crippen LogP contribution in [0.15, 0.2) is 6.20 Å². The molecule has 1 heterocycles. The van der Waals surface area contributed by atoms with Gasteiger partial charge in [-0.25, -0.2) is 8.78 Å². The second-order valence-corrected chi connectivity index (χ2v) is 3.06. The Hall–Kier alpha value is -1.72. The quantitative estimate of drug-likeness (QED) is 0.803. The van der Waals surface area contributed by atoms with Gasteiger partial charge >= 0.3 is 5.97 Å². The Bertz CT molecular complexity index is 394. The van der Waals surface area contributed by atoms with E-state index < -0.39 is 24.4 Å². The second kappa shape index (κ2) is 4.20. The molecule has 0 amide bonds. The number of hydrogen-bond acceptors (Lipinski definition) is 3. The summed E-state index contributed by atoms with van der Waals surface area (Å²) in [7, 11) is 0. The third-order valence-corrected chi connectivity index (χ3v) is 2.03. The van der Waals surface area contributed by atoms with E-state index >= 15 is 0 Å². The molecule has 0 spiro atoms. The predicted molar refractivity (Wildman–Crippen MR) is 49.7 cm³/mol. The summed E-state index contributed by atoms with van der Waals surface area (Å²) in [5, 5.41) is 8.57. The summed E-state index contributed by atoms with van der Waals surface area (Å²) in [5.41, 5.74) is 5.36. The summed E-state index contributed by atoms with van der Waals surface area (Å²) < 4.78 is 24.8. The highest BCUT2D eigenvalue weighted by molar-refractivity contribution is 5.74. The van der Waals surface area contributed by atoms with Gasteiger partial charge in [-0.3, -0.25) is 9.78 Å². The van der Waals surface area contributed by atoms with Gasteiger partial charge in [0, 0.05) is 23.1 Å². The minimum absolute atomic E-state index is 0.153. The molecule has 0 fully saturated rings. The fraction of sp³-hybridized carbons (Fsp3) is 0.333. The topological polar surface area (TPSA) is 76.2 Å². The Morgan fingerprint density at radius 1 is 1.67 bits per heavy atom. The van der Waals surface area contributed by atoms with Crippen LogP contribution in [0.2, 0.25) is 0 Å². The van der Waals surface area contributed by atoms with Gasteiger partial charge in [-0.2, -0.15) is 0 Å². The van der Waals surface area contributed by atoms with Gasteiger partial charge in [-0.05, 0) is 6.92 Å². The van der Waals surface area contributed by atoms with E-state index in [9.17, 15) is 13.6 Å². The number of rotatable bonds is 3. The van der Waals surface area contributed by atoms with Crippen molar-refractivity contribution < 1.29 is 18.7 Å². The van der Waals surface area contributed by atoms with Gasteiger partial charge in [0.1, 0.15) is 0 Å². The maximum atomic E-state index is 12.4. The molecular weight excluding hydrogens is 206 g/mol. The summed E-state index contributed by atoms with van der Waals surface area (Å²) in [6, 6.07) is 0. The summed E-state index contributed by atoms with van der Waals surface area (Å²) in [5.74, 6) is -1.13. The Labute approximate surface area is 84.7 Å². The zero-order valence-electron chi connectivity index (χ0n) is 8.00. The summed E-state index contributed by atoms with van der Waals surface area (Å²) >= 11 is 0. The van der Waals surface area contributed by atoms with Crippen LogP contribution in [-0.4, -0.2) is 16.1 Å². The molecule has 1 rings (SSSR count). The number of nitrogen functional groups attached to an aromatic ring is 1. The van der Waals surface area contributed by atoms with Gasteiger partial charge in [-0.1, -0.05) is 0 Å². The smallest absolute Gasteiger partial charge is 0.307 e. The molecule has 4 nitrogen and oxygen atoms in total. The molecule has 1 aromatic rings. The first-order valence-electron chi connectivity index (χ1n) is 4.17. The number of aliphatic carboxylic acids is 1. The van der Waals surface area contributed by atoms with Crippen LogP contribution in [0.5, 0.6) is 0 Å². The van der Waals surface area contributed by atoms with Crippen LogP contribution in [0.1, 0.15) is 23.2 Å². The average molecular weight is 216 g/mol. The van der Waals surface area contributed by atoms with Crippen LogP contribution < -0.4 is 5.73 Å². The summed E-state index contributed by atoms with van der Waals surface area (Å²) in [6.45, 7) is 1.53. The molecule has 0 saturated carbocycles. The molecule has 0 aromatic carbocycles. The highest BCUT2D eigenvalue weighted by atomic mass is 19.3. The molecular formula is C9H10F2N2O2. The van der Waals surface area contributed by atoms with Crippen molar-refractivity contribution in [2.75, 3.05) is 5.73 Å². The Morgan fingerprint density at radius 3 is 2.73 bits per heavy atom. The molecule has 6 heteroatoms. The molecule has 3 N–H and O–H groups in total. The maximum absolute atomic E-state index is 12.4. The van der Waals surface area contributed by atoms with Crippen LogP contribution in [-0.2, 0) is 11.2 Å². The number of nitrogens with zero attached hydrogens (tertiary/aromatic N) is 1. The van der Waals surface area contributed by atoms with Crippen LogP contribution in [0.3, 0.4) is 0 Å². The molecule has 0 aliphatic heterocycles. The van der Waals surface area contributed by atoms with E-state index in [1.54, 1.807) is 0 Å². The lowest BCUT2D eigenvalue weighted by molar-refractivity contribution is -0.136. The zero-order valence-corrected chi connectivity index (χ0v) is 8.00. The van der Waals surface area contributed by atoms with Crippen LogP contribution in [0, 0.1) is 6.92 Å². The van der Waals surface area contributed by atoms with Crippen molar-refractivity contribution in [3.63, 3.8) is 0 Å². The number of nitrogens with two attached hydrogens (primary N) is 1. The first-order chi connectivity index (χ1) is 6.93. The van der Waals surface area contributed by atoms with Crippen LogP contribution in [0.4, 0.5) is 14.5 Å². The normalized spacial score (nSPS) is 10.7. The highest BCUT2D eigenvalue weighted by Crippen LogP contribution is 2.28. The average Bonchev–Trinajstić information content (AvgIpc) is 2.11.